The highest BCUT2D eigenvalue weighted by molar-refractivity contribution is 8.03. The van der Waals surface area contributed by atoms with Crippen molar-refractivity contribution in [1.29, 1.82) is 0 Å². The summed E-state index contributed by atoms with van der Waals surface area (Å²) >= 11 is 0. The molecule has 27 heavy (non-hydrogen) atoms. The zero-order valence-corrected chi connectivity index (χ0v) is 17.8. The second-order valence-corrected chi connectivity index (χ2v) is 10.3. The first kappa shape index (κ1) is 21.6. The van der Waals surface area contributed by atoms with Crippen molar-refractivity contribution < 1.29 is 13.2 Å². The van der Waals surface area contributed by atoms with Crippen LogP contribution in [0.3, 0.4) is 0 Å². The van der Waals surface area contributed by atoms with Crippen LogP contribution in [0.2, 0.25) is 0 Å². The van der Waals surface area contributed by atoms with Crippen LogP contribution in [0.25, 0.3) is 0 Å². The van der Waals surface area contributed by atoms with E-state index < -0.39 is 32.3 Å². The van der Waals surface area contributed by atoms with E-state index in [2.05, 4.69) is 5.92 Å². The first-order valence-electron chi connectivity index (χ1n) is 8.84. The average Bonchev–Trinajstić information content (AvgIpc) is 2.65. The van der Waals surface area contributed by atoms with E-state index in [0.717, 1.165) is 11.1 Å². The molecular formula is C22H26O3S2. The van der Waals surface area contributed by atoms with Gasteiger partial charge in [-0.1, -0.05) is 55.2 Å². The smallest absolute Gasteiger partial charge is 0.145 e. The van der Waals surface area contributed by atoms with Gasteiger partial charge in [0.15, 0.2) is 0 Å². The fraction of sp³-hybridized carbons (Fsp3) is 0.364. The third-order valence-corrected chi connectivity index (χ3v) is 8.12. The Morgan fingerprint density at radius 2 is 1.30 bits per heavy atom. The van der Waals surface area contributed by atoms with E-state index in [-0.39, 0.29) is 12.5 Å². The first-order chi connectivity index (χ1) is 12.8. The molecule has 0 unspecified atom stereocenters. The van der Waals surface area contributed by atoms with Crippen LogP contribution < -0.4 is 0 Å². The van der Waals surface area contributed by atoms with Crippen molar-refractivity contribution >= 4 is 21.6 Å². The van der Waals surface area contributed by atoms with Gasteiger partial charge in [0.25, 0.3) is 0 Å². The van der Waals surface area contributed by atoms with Crippen LogP contribution in [0.1, 0.15) is 25.0 Å². The third kappa shape index (κ3) is 5.62. The molecule has 0 spiro atoms. The molecule has 0 aliphatic rings. The fourth-order valence-corrected chi connectivity index (χ4v) is 6.59. The summed E-state index contributed by atoms with van der Waals surface area (Å²) in [4.78, 5) is 1.28. The Hall–Kier alpha value is -1.74. The van der Waals surface area contributed by atoms with E-state index in [0.29, 0.717) is 9.79 Å². The fourth-order valence-electron chi connectivity index (χ4n) is 2.67. The van der Waals surface area contributed by atoms with Crippen molar-refractivity contribution in [2.75, 3.05) is 6.61 Å². The lowest BCUT2D eigenvalue weighted by atomic mass is 10.1. The molecule has 0 aromatic heterocycles. The van der Waals surface area contributed by atoms with Gasteiger partial charge in [-0.2, -0.15) is 0 Å². The molecule has 5 heteroatoms. The Morgan fingerprint density at radius 3 is 1.63 bits per heavy atom. The number of terminal acetylenes is 1. The summed E-state index contributed by atoms with van der Waals surface area (Å²) in [6.45, 7) is 7.97. The van der Waals surface area contributed by atoms with Crippen LogP contribution in [0.15, 0.2) is 58.3 Å². The summed E-state index contributed by atoms with van der Waals surface area (Å²) in [6, 6.07) is 14.9. The average molecular weight is 403 g/mol. The Labute approximate surface area is 167 Å². The van der Waals surface area contributed by atoms with Crippen LogP contribution in [0.5, 0.6) is 0 Å². The van der Waals surface area contributed by atoms with E-state index in [1.54, 1.807) is 0 Å². The zero-order chi connectivity index (χ0) is 20.0. The number of rotatable bonds is 8. The minimum atomic E-state index is -1.51. The van der Waals surface area contributed by atoms with E-state index in [9.17, 15) is 8.42 Å². The Bertz CT molecular complexity index is 776. The minimum Gasteiger partial charge on any atom is -0.363 e. The first-order valence-corrected chi connectivity index (χ1v) is 11.3. The third-order valence-electron chi connectivity index (χ3n) is 4.21. The quantitative estimate of drug-likeness (QED) is 0.621. The summed E-state index contributed by atoms with van der Waals surface area (Å²) in [5.74, 6) is 2.47. The largest absolute Gasteiger partial charge is 0.363 e. The maximum atomic E-state index is 13.4. The monoisotopic (exact) mass is 402 g/mol. The van der Waals surface area contributed by atoms with Crippen LogP contribution in [-0.4, -0.2) is 25.7 Å². The highest BCUT2D eigenvalue weighted by Gasteiger charge is 2.37. The van der Waals surface area contributed by atoms with E-state index in [4.69, 9.17) is 11.2 Å². The van der Waals surface area contributed by atoms with Crippen molar-refractivity contribution in [1.82, 2.24) is 0 Å². The summed E-state index contributed by atoms with van der Waals surface area (Å²) in [6.07, 6.45) is 4.86. The molecule has 3 atom stereocenters. The molecule has 2 aromatic carbocycles. The lowest BCUT2D eigenvalue weighted by Crippen LogP contribution is -2.40. The maximum Gasteiger partial charge on any atom is 0.145 e. The molecule has 0 fully saturated rings. The lowest BCUT2D eigenvalue weighted by molar-refractivity contribution is 0.0546. The van der Waals surface area contributed by atoms with Gasteiger partial charge >= 0.3 is 0 Å². The van der Waals surface area contributed by atoms with Gasteiger partial charge in [0, 0.05) is 9.79 Å². The SMILES string of the molecule is C#CCO[C@@H](C(C)C)C([S@@](=O)c1ccc(C)cc1)[S@@](=O)c1ccc(C)cc1. The molecule has 0 saturated carbocycles. The topological polar surface area (TPSA) is 43.4 Å². The molecule has 0 aliphatic heterocycles. The predicted molar refractivity (Wildman–Crippen MR) is 112 cm³/mol. The summed E-state index contributed by atoms with van der Waals surface area (Å²) in [7, 11) is -3.03. The Morgan fingerprint density at radius 1 is 0.889 bits per heavy atom. The van der Waals surface area contributed by atoms with Gasteiger partial charge < -0.3 is 4.74 Å². The summed E-state index contributed by atoms with van der Waals surface area (Å²) in [5, 5.41) is 0. The minimum absolute atomic E-state index is 0.00662. The normalized spacial score (nSPS) is 14.7. The van der Waals surface area contributed by atoms with Gasteiger partial charge in [-0.3, -0.25) is 8.42 Å². The molecule has 0 N–H and O–H groups in total. The molecule has 3 nitrogen and oxygen atoms in total. The molecular weight excluding hydrogens is 376 g/mol. The highest BCUT2D eigenvalue weighted by atomic mass is 32.2. The second-order valence-electron chi connectivity index (χ2n) is 6.81. The van der Waals surface area contributed by atoms with E-state index >= 15 is 0 Å². The molecule has 0 saturated heterocycles. The van der Waals surface area contributed by atoms with Crippen LogP contribution in [-0.2, 0) is 26.3 Å². The molecule has 0 aliphatic carbocycles. The van der Waals surface area contributed by atoms with Gasteiger partial charge in [-0.05, 0) is 44.0 Å². The molecule has 0 radical (unpaired) electrons. The Balaban J connectivity index is 2.47. The molecule has 0 amide bonds. The Kier molecular flexibility index (Phi) is 7.97. The molecule has 0 heterocycles. The number of hydrogen-bond acceptors (Lipinski definition) is 3. The van der Waals surface area contributed by atoms with Crippen LogP contribution in [0.4, 0.5) is 0 Å². The summed E-state index contributed by atoms with van der Waals surface area (Å²) < 4.78 is 32.0. The highest BCUT2D eigenvalue weighted by Crippen LogP contribution is 2.27. The molecule has 2 aromatic rings. The van der Waals surface area contributed by atoms with E-state index in [1.807, 2.05) is 76.2 Å². The zero-order valence-electron chi connectivity index (χ0n) is 16.2. The van der Waals surface area contributed by atoms with E-state index in [1.165, 1.54) is 0 Å². The van der Waals surface area contributed by atoms with Crippen molar-refractivity contribution in [2.24, 2.45) is 5.92 Å². The number of benzene rings is 2. The predicted octanol–water partition coefficient (Wildman–Crippen LogP) is 4.22. The van der Waals surface area contributed by atoms with Crippen molar-refractivity contribution in [3.63, 3.8) is 0 Å². The van der Waals surface area contributed by atoms with Gasteiger partial charge in [0.2, 0.25) is 0 Å². The van der Waals surface area contributed by atoms with Crippen molar-refractivity contribution in [3.05, 3.63) is 59.7 Å². The molecule has 0 bridgehead atoms. The molecule has 144 valence electrons. The number of aryl methyl sites for hydroxylation is 2. The van der Waals surface area contributed by atoms with Crippen molar-refractivity contribution in [2.45, 2.75) is 48.2 Å². The number of ether oxygens (including phenoxy) is 1. The molecule has 2 rings (SSSR count). The van der Waals surface area contributed by atoms with Crippen LogP contribution >= 0.6 is 0 Å². The van der Waals surface area contributed by atoms with Gasteiger partial charge in [0.05, 0.1) is 27.7 Å². The number of hydrogen-bond donors (Lipinski definition) is 0. The lowest BCUT2D eigenvalue weighted by Gasteiger charge is -2.28. The van der Waals surface area contributed by atoms with Crippen LogP contribution in [0, 0.1) is 32.1 Å². The van der Waals surface area contributed by atoms with Gasteiger partial charge in [0.1, 0.15) is 11.2 Å². The van der Waals surface area contributed by atoms with Gasteiger partial charge in [-0.15, -0.1) is 6.42 Å². The second kappa shape index (κ2) is 9.98. The van der Waals surface area contributed by atoms with Gasteiger partial charge in [-0.25, -0.2) is 0 Å². The van der Waals surface area contributed by atoms with Crippen molar-refractivity contribution in [3.8, 4) is 12.3 Å². The standard InChI is InChI=1S/C22H26O3S2/c1-6-15-25-21(16(2)3)22(26(23)19-11-7-17(4)8-12-19)27(24)20-13-9-18(5)10-14-20/h1,7-14,16,21-22H,15H2,2-5H3/t21-,26-,27-/m0/s1. The summed E-state index contributed by atoms with van der Waals surface area (Å²) in [5.41, 5.74) is 2.16. The maximum absolute atomic E-state index is 13.4.